The van der Waals surface area contributed by atoms with Gasteiger partial charge in [-0.25, -0.2) is 4.98 Å². The molecule has 4 aromatic rings. The van der Waals surface area contributed by atoms with Gasteiger partial charge in [0, 0.05) is 38.1 Å². The molecule has 0 spiro atoms. The van der Waals surface area contributed by atoms with Crippen LogP contribution in [0.2, 0.25) is 0 Å². The topological polar surface area (TPSA) is 73.3 Å². The van der Waals surface area contributed by atoms with Gasteiger partial charge in [0.1, 0.15) is 11.9 Å². The maximum atomic E-state index is 10.7. The van der Waals surface area contributed by atoms with E-state index in [9.17, 15) is 5.11 Å². The molecule has 1 aliphatic carbocycles. The van der Waals surface area contributed by atoms with E-state index in [0.29, 0.717) is 18.0 Å². The summed E-state index contributed by atoms with van der Waals surface area (Å²) in [5.74, 6) is 1.65. The Morgan fingerprint density at radius 3 is 2.31 bits per heavy atom. The van der Waals surface area contributed by atoms with Gasteiger partial charge in [0.05, 0.1) is 5.52 Å². The van der Waals surface area contributed by atoms with E-state index in [4.69, 9.17) is 9.97 Å². The van der Waals surface area contributed by atoms with Crippen molar-refractivity contribution < 1.29 is 5.11 Å². The highest BCUT2D eigenvalue weighted by Crippen LogP contribution is 2.27. The van der Waals surface area contributed by atoms with Gasteiger partial charge < -0.3 is 20.6 Å². The minimum absolute atomic E-state index is 0.378. The first-order valence-corrected chi connectivity index (χ1v) is 12.8. The smallest absolute Gasteiger partial charge is 0.225 e. The van der Waals surface area contributed by atoms with Gasteiger partial charge in [0.25, 0.3) is 0 Å². The Balaban J connectivity index is 1.15. The van der Waals surface area contributed by atoms with Crippen LogP contribution in [0.3, 0.4) is 0 Å². The number of fused-ring (bicyclic) bond motifs is 1. The Bertz CT molecular complexity index is 1290. The molecule has 6 heteroatoms. The number of nitrogens with one attached hydrogen (secondary N) is 2. The molecule has 1 saturated carbocycles. The number of aliphatic hydroxyl groups is 1. The van der Waals surface area contributed by atoms with Gasteiger partial charge in [-0.1, -0.05) is 66.7 Å². The van der Waals surface area contributed by atoms with Crippen LogP contribution in [0, 0.1) is 0 Å². The molecule has 1 atom stereocenters. The zero-order valence-electron chi connectivity index (χ0n) is 21.1. The Morgan fingerprint density at radius 2 is 1.53 bits per heavy atom. The molecule has 1 heterocycles. The average Bonchev–Trinajstić information content (AvgIpc) is 2.92. The minimum atomic E-state index is -0.599. The van der Waals surface area contributed by atoms with Crippen molar-refractivity contribution in [3.63, 3.8) is 0 Å². The number of aliphatic hydroxyl groups excluding tert-OH is 1. The van der Waals surface area contributed by atoms with Crippen LogP contribution in [0.4, 0.5) is 11.8 Å². The molecule has 5 rings (SSSR count). The van der Waals surface area contributed by atoms with Gasteiger partial charge in [-0.2, -0.15) is 4.98 Å². The zero-order chi connectivity index (χ0) is 24.9. The second-order valence-corrected chi connectivity index (χ2v) is 9.91. The standard InChI is InChI=1S/C30H35N5O/c1-35(2)29-26-13-6-7-14-27(26)33-30(34-29)32-25-17-15-24(16-18-25)31-20-21-9-8-12-23(19-21)28(36)22-10-4-3-5-11-22/h3-14,19,24-25,28,31,36H,15-18,20H2,1-2H3,(H,32,33,34). The van der Waals surface area contributed by atoms with Crippen molar-refractivity contribution in [2.24, 2.45) is 0 Å². The number of rotatable bonds is 8. The first-order chi connectivity index (χ1) is 17.6. The van der Waals surface area contributed by atoms with Crippen LogP contribution in [0.5, 0.6) is 0 Å². The van der Waals surface area contributed by atoms with Crippen molar-refractivity contribution in [3.05, 3.63) is 95.6 Å². The Labute approximate surface area is 213 Å². The molecule has 3 aromatic carbocycles. The molecular formula is C30H35N5O. The fraction of sp³-hybridized carbons (Fsp3) is 0.333. The summed E-state index contributed by atoms with van der Waals surface area (Å²) in [6.45, 7) is 0.804. The van der Waals surface area contributed by atoms with E-state index in [1.54, 1.807) is 0 Å². The van der Waals surface area contributed by atoms with Gasteiger partial charge in [-0.05, 0) is 54.5 Å². The number of hydrogen-bond acceptors (Lipinski definition) is 6. The molecule has 186 valence electrons. The highest BCUT2D eigenvalue weighted by Gasteiger charge is 2.22. The van der Waals surface area contributed by atoms with Crippen LogP contribution in [0.15, 0.2) is 78.9 Å². The summed E-state index contributed by atoms with van der Waals surface area (Å²) in [5.41, 5.74) is 4.01. The summed E-state index contributed by atoms with van der Waals surface area (Å²) < 4.78 is 0. The summed E-state index contributed by atoms with van der Waals surface area (Å²) in [6.07, 6.45) is 3.78. The molecule has 0 aliphatic heterocycles. The van der Waals surface area contributed by atoms with Crippen LogP contribution >= 0.6 is 0 Å². The van der Waals surface area contributed by atoms with Crippen molar-refractivity contribution in [3.8, 4) is 0 Å². The van der Waals surface area contributed by atoms with Crippen LogP contribution in [0.1, 0.15) is 48.5 Å². The predicted octanol–water partition coefficient (Wildman–Crippen LogP) is 5.29. The molecule has 1 aromatic heterocycles. The number of hydrogen-bond donors (Lipinski definition) is 3. The lowest BCUT2D eigenvalue weighted by molar-refractivity contribution is 0.220. The van der Waals surface area contributed by atoms with Crippen LogP contribution < -0.4 is 15.5 Å². The molecule has 36 heavy (non-hydrogen) atoms. The predicted molar refractivity (Wildman–Crippen MR) is 147 cm³/mol. The highest BCUT2D eigenvalue weighted by molar-refractivity contribution is 5.90. The maximum absolute atomic E-state index is 10.7. The molecular weight excluding hydrogens is 446 g/mol. The quantitative estimate of drug-likeness (QED) is 0.318. The van der Waals surface area contributed by atoms with E-state index in [0.717, 1.165) is 60.1 Å². The van der Waals surface area contributed by atoms with Crippen molar-refractivity contribution in [2.75, 3.05) is 24.3 Å². The molecule has 0 bridgehead atoms. The Morgan fingerprint density at radius 1 is 0.833 bits per heavy atom. The fourth-order valence-corrected chi connectivity index (χ4v) is 5.05. The number of para-hydroxylation sites is 1. The Hall–Kier alpha value is -3.48. The van der Waals surface area contributed by atoms with Crippen molar-refractivity contribution >= 4 is 22.7 Å². The third-order valence-electron chi connectivity index (χ3n) is 7.04. The summed E-state index contributed by atoms with van der Waals surface area (Å²) in [4.78, 5) is 11.6. The van der Waals surface area contributed by atoms with E-state index in [2.05, 4.69) is 28.8 Å². The number of nitrogens with zero attached hydrogens (tertiary/aromatic N) is 3. The van der Waals surface area contributed by atoms with Crippen LogP contribution in [-0.2, 0) is 6.54 Å². The monoisotopic (exact) mass is 481 g/mol. The number of aromatic nitrogens is 2. The fourth-order valence-electron chi connectivity index (χ4n) is 5.05. The van der Waals surface area contributed by atoms with E-state index in [-0.39, 0.29) is 0 Å². The molecule has 0 amide bonds. The van der Waals surface area contributed by atoms with Crippen LogP contribution in [-0.4, -0.2) is 41.3 Å². The molecule has 1 aliphatic rings. The van der Waals surface area contributed by atoms with Crippen molar-refractivity contribution in [1.29, 1.82) is 0 Å². The lowest BCUT2D eigenvalue weighted by Crippen LogP contribution is -2.37. The van der Waals surface area contributed by atoms with Crippen molar-refractivity contribution in [2.45, 2.75) is 50.4 Å². The first-order valence-electron chi connectivity index (χ1n) is 12.8. The molecule has 1 fully saturated rings. The van der Waals surface area contributed by atoms with Gasteiger partial charge >= 0.3 is 0 Å². The minimum Gasteiger partial charge on any atom is -0.384 e. The van der Waals surface area contributed by atoms with Gasteiger partial charge in [-0.15, -0.1) is 0 Å². The SMILES string of the molecule is CN(C)c1nc(NC2CCC(NCc3cccc(C(O)c4ccccc4)c3)CC2)nc2ccccc12. The third kappa shape index (κ3) is 5.66. The summed E-state index contributed by atoms with van der Waals surface area (Å²) in [6, 6.07) is 27.1. The van der Waals surface area contributed by atoms with E-state index in [1.165, 1.54) is 5.56 Å². The normalized spacial score (nSPS) is 18.6. The van der Waals surface area contributed by atoms with Crippen molar-refractivity contribution in [1.82, 2.24) is 15.3 Å². The lowest BCUT2D eigenvalue weighted by Gasteiger charge is -2.30. The van der Waals surface area contributed by atoms with Crippen LogP contribution in [0.25, 0.3) is 10.9 Å². The second kappa shape index (κ2) is 11.1. The van der Waals surface area contributed by atoms with Gasteiger partial charge in [0.15, 0.2) is 0 Å². The van der Waals surface area contributed by atoms with E-state index < -0.39 is 6.10 Å². The zero-order valence-corrected chi connectivity index (χ0v) is 21.1. The molecule has 1 unspecified atom stereocenters. The summed E-state index contributed by atoms with van der Waals surface area (Å²) in [7, 11) is 4.04. The second-order valence-electron chi connectivity index (χ2n) is 9.91. The summed E-state index contributed by atoms with van der Waals surface area (Å²) >= 11 is 0. The number of anilines is 2. The summed E-state index contributed by atoms with van der Waals surface area (Å²) in [5, 5.41) is 19.1. The molecule has 0 saturated heterocycles. The highest BCUT2D eigenvalue weighted by atomic mass is 16.3. The maximum Gasteiger partial charge on any atom is 0.225 e. The first kappa shape index (κ1) is 24.2. The van der Waals surface area contributed by atoms with E-state index >= 15 is 0 Å². The van der Waals surface area contributed by atoms with E-state index in [1.807, 2.05) is 79.7 Å². The third-order valence-corrected chi connectivity index (χ3v) is 7.04. The molecule has 6 nitrogen and oxygen atoms in total. The lowest BCUT2D eigenvalue weighted by atomic mass is 9.91. The van der Waals surface area contributed by atoms with Gasteiger partial charge in [0.2, 0.25) is 5.95 Å². The largest absolute Gasteiger partial charge is 0.384 e. The molecule has 0 radical (unpaired) electrons. The number of benzene rings is 3. The Kier molecular flexibility index (Phi) is 7.44. The van der Waals surface area contributed by atoms with Gasteiger partial charge in [-0.3, -0.25) is 0 Å². The molecule has 3 N–H and O–H groups in total. The average molecular weight is 482 g/mol.